The van der Waals surface area contributed by atoms with Gasteiger partial charge in [-0.25, -0.2) is 0 Å². The van der Waals surface area contributed by atoms with Gasteiger partial charge in [-0.05, 0) is 23.6 Å². The van der Waals surface area contributed by atoms with E-state index in [9.17, 15) is 4.79 Å². The minimum Gasteiger partial charge on any atom is -0.481 e. The lowest BCUT2D eigenvalue weighted by Crippen LogP contribution is -2.35. The van der Waals surface area contributed by atoms with Crippen molar-refractivity contribution in [1.29, 1.82) is 0 Å². The number of ether oxygens (including phenoxy) is 2. The van der Waals surface area contributed by atoms with Gasteiger partial charge in [0, 0.05) is 12.6 Å². The lowest BCUT2D eigenvalue weighted by molar-refractivity contribution is -0.137. The molecule has 1 unspecified atom stereocenters. The molecule has 0 spiro atoms. The van der Waals surface area contributed by atoms with E-state index in [-0.39, 0.29) is 25.2 Å². The van der Waals surface area contributed by atoms with Crippen LogP contribution in [0, 0.1) is 5.92 Å². The quantitative estimate of drug-likeness (QED) is 0.823. The molecule has 0 saturated heterocycles. The van der Waals surface area contributed by atoms with Gasteiger partial charge in [0.05, 0.1) is 6.42 Å². The maximum atomic E-state index is 10.8. The molecular weight excluding hydrogens is 246 g/mol. The number of carboxylic acids is 1. The number of carboxylic acid groups (broad SMARTS) is 1. The Bertz CT molecular complexity index is 459. The lowest BCUT2D eigenvalue weighted by Gasteiger charge is -2.20. The summed E-state index contributed by atoms with van der Waals surface area (Å²) in [6, 6.07) is 5.72. The van der Waals surface area contributed by atoms with Crippen LogP contribution in [0.2, 0.25) is 0 Å². The summed E-state index contributed by atoms with van der Waals surface area (Å²) >= 11 is 0. The van der Waals surface area contributed by atoms with Crippen molar-refractivity contribution in [1.82, 2.24) is 5.32 Å². The van der Waals surface area contributed by atoms with E-state index in [1.54, 1.807) is 0 Å². The molecule has 19 heavy (non-hydrogen) atoms. The molecule has 0 fully saturated rings. The highest BCUT2D eigenvalue weighted by Crippen LogP contribution is 2.32. The van der Waals surface area contributed by atoms with Crippen molar-refractivity contribution in [2.24, 2.45) is 5.92 Å². The predicted molar refractivity (Wildman–Crippen MR) is 70.3 cm³/mol. The van der Waals surface area contributed by atoms with E-state index in [4.69, 9.17) is 14.6 Å². The molecule has 1 atom stereocenters. The highest BCUT2D eigenvalue weighted by molar-refractivity contribution is 5.67. The van der Waals surface area contributed by atoms with Crippen molar-refractivity contribution in [3.8, 4) is 11.5 Å². The zero-order valence-corrected chi connectivity index (χ0v) is 11.2. The van der Waals surface area contributed by atoms with E-state index in [2.05, 4.69) is 5.32 Å². The second-order valence-corrected chi connectivity index (χ2v) is 5.02. The Balaban J connectivity index is 1.95. The van der Waals surface area contributed by atoms with Crippen LogP contribution >= 0.6 is 0 Å². The number of rotatable bonds is 6. The van der Waals surface area contributed by atoms with E-state index < -0.39 is 5.97 Å². The first-order valence-electron chi connectivity index (χ1n) is 6.40. The average molecular weight is 265 g/mol. The van der Waals surface area contributed by atoms with E-state index in [0.29, 0.717) is 6.54 Å². The third-order valence-corrected chi connectivity index (χ3v) is 3.20. The summed E-state index contributed by atoms with van der Waals surface area (Å²) in [7, 11) is 0. The smallest absolute Gasteiger partial charge is 0.304 e. The second-order valence-electron chi connectivity index (χ2n) is 5.02. The van der Waals surface area contributed by atoms with Gasteiger partial charge in [0.1, 0.15) is 0 Å². The first kappa shape index (κ1) is 13.7. The Labute approximate surface area is 112 Å². The van der Waals surface area contributed by atoms with Gasteiger partial charge in [0.25, 0.3) is 0 Å². The van der Waals surface area contributed by atoms with Gasteiger partial charge in [0.15, 0.2) is 11.5 Å². The Kier molecular flexibility index (Phi) is 4.27. The van der Waals surface area contributed by atoms with Crippen LogP contribution in [0.3, 0.4) is 0 Å². The molecule has 1 heterocycles. The second kappa shape index (κ2) is 5.93. The number of fused-ring (bicyclic) bond motifs is 1. The Morgan fingerprint density at radius 3 is 2.79 bits per heavy atom. The topological polar surface area (TPSA) is 67.8 Å². The fraction of sp³-hybridized carbons (Fsp3) is 0.500. The summed E-state index contributed by atoms with van der Waals surface area (Å²) < 4.78 is 10.6. The summed E-state index contributed by atoms with van der Waals surface area (Å²) in [6.45, 7) is 4.91. The molecule has 1 aliphatic heterocycles. The lowest BCUT2D eigenvalue weighted by atomic mass is 10.0. The molecule has 0 bridgehead atoms. The largest absolute Gasteiger partial charge is 0.481 e. The van der Waals surface area contributed by atoms with Gasteiger partial charge in [-0.15, -0.1) is 0 Å². The Morgan fingerprint density at radius 1 is 1.37 bits per heavy atom. The van der Waals surface area contributed by atoms with Gasteiger partial charge >= 0.3 is 5.97 Å². The molecule has 0 saturated carbocycles. The minimum atomic E-state index is -0.781. The van der Waals surface area contributed by atoms with Crippen molar-refractivity contribution in [3.63, 3.8) is 0 Å². The highest BCUT2D eigenvalue weighted by Gasteiger charge is 2.17. The van der Waals surface area contributed by atoms with Crippen LogP contribution < -0.4 is 14.8 Å². The summed E-state index contributed by atoms with van der Waals surface area (Å²) in [5, 5.41) is 12.2. The van der Waals surface area contributed by atoms with Gasteiger partial charge < -0.3 is 19.9 Å². The van der Waals surface area contributed by atoms with Crippen LogP contribution in [0.1, 0.15) is 25.8 Å². The van der Waals surface area contributed by atoms with Crippen molar-refractivity contribution in [3.05, 3.63) is 23.8 Å². The number of aliphatic carboxylic acids is 1. The molecule has 1 aromatic rings. The SMILES string of the molecule is CC(C)C(CC(=O)O)NCc1ccc2c(c1)OCO2. The highest BCUT2D eigenvalue weighted by atomic mass is 16.7. The van der Waals surface area contributed by atoms with Gasteiger partial charge in [-0.3, -0.25) is 4.79 Å². The number of carbonyl (C=O) groups is 1. The fourth-order valence-electron chi connectivity index (χ4n) is 2.03. The summed E-state index contributed by atoms with van der Waals surface area (Å²) in [6.07, 6.45) is 0.127. The first-order valence-corrected chi connectivity index (χ1v) is 6.40. The zero-order valence-electron chi connectivity index (χ0n) is 11.2. The Morgan fingerprint density at radius 2 is 2.11 bits per heavy atom. The third-order valence-electron chi connectivity index (χ3n) is 3.20. The van der Waals surface area contributed by atoms with Crippen molar-refractivity contribution in [2.75, 3.05) is 6.79 Å². The average Bonchev–Trinajstić information content (AvgIpc) is 2.80. The molecular formula is C14H19NO4. The molecule has 0 aromatic heterocycles. The molecule has 0 amide bonds. The fourth-order valence-corrected chi connectivity index (χ4v) is 2.03. The summed E-state index contributed by atoms with van der Waals surface area (Å²) in [4.78, 5) is 10.8. The molecule has 104 valence electrons. The van der Waals surface area contributed by atoms with Crippen LogP contribution in [-0.4, -0.2) is 23.9 Å². The van der Waals surface area contributed by atoms with E-state index in [1.807, 2.05) is 32.0 Å². The number of nitrogens with one attached hydrogen (secondary N) is 1. The monoisotopic (exact) mass is 265 g/mol. The number of benzene rings is 1. The van der Waals surface area contributed by atoms with Crippen molar-refractivity contribution in [2.45, 2.75) is 32.9 Å². The van der Waals surface area contributed by atoms with E-state index >= 15 is 0 Å². The molecule has 1 aromatic carbocycles. The van der Waals surface area contributed by atoms with Gasteiger partial charge in [0.2, 0.25) is 6.79 Å². The number of hydrogen-bond donors (Lipinski definition) is 2. The first-order chi connectivity index (χ1) is 9.06. The Hall–Kier alpha value is -1.75. The molecule has 2 N–H and O–H groups in total. The molecule has 5 nitrogen and oxygen atoms in total. The minimum absolute atomic E-state index is 0.0390. The standard InChI is InChI=1S/C14H19NO4/c1-9(2)11(6-14(16)17)15-7-10-3-4-12-13(5-10)19-8-18-12/h3-5,9,11,15H,6-8H2,1-2H3,(H,16,17). The van der Waals surface area contributed by atoms with Crippen LogP contribution in [0.4, 0.5) is 0 Å². The van der Waals surface area contributed by atoms with Gasteiger partial charge in [-0.2, -0.15) is 0 Å². The van der Waals surface area contributed by atoms with Crippen LogP contribution in [0.25, 0.3) is 0 Å². The molecule has 0 aliphatic carbocycles. The van der Waals surface area contributed by atoms with Gasteiger partial charge in [-0.1, -0.05) is 19.9 Å². The van der Waals surface area contributed by atoms with E-state index in [1.165, 1.54) is 0 Å². The third kappa shape index (κ3) is 3.61. The van der Waals surface area contributed by atoms with E-state index in [0.717, 1.165) is 17.1 Å². The normalized spacial score (nSPS) is 14.7. The van der Waals surface area contributed by atoms with Crippen molar-refractivity contribution >= 4 is 5.97 Å². The summed E-state index contributed by atoms with van der Waals surface area (Å²) in [5.41, 5.74) is 1.06. The predicted octanol–water partition coefficient (Wildman–Crippen LogP) is 2.00. The summed E-state index contributed by atoms with van der Waals surface area (Å²) in [5.74, 6) is 0.996. The molecule has 2 rings (SSSR count). The molecule has 0 radical (unpaired) electrons. The van der Waals surface area contributed by atoms with Crippen molar-refractivity contribution < 1.29 is 19.4 Å². The molecule has 1 aliphatic rings. The van der Waals surface area contributed by atoms with Crippen LogP contribution in [-0.2, 0) is 11.3 Å². The number of hydrogen-bond acceptors (Lipinski definition) is 4. The van der Waals surface area contributed by atoms with Crippen LogP contribution in [0.15, 0.2) is 18.2 Å². The maximum absolute atomic E-state index is 10.8. The van der Waals surface area contributed by atoms with Crippen LogP contribution in [0.5, 0.6) is 11.5 Å². The molecule has 5 heteroatoms. The maximum Gasteiger partial charge on any atom is 0.304 e. The zero-order chi connectivity index (χ0) is 13.8.